The summed E-state index contributed by atoms with van der Waals surface area (Å²) in [6.45, 7) is 3.48. The molecule has 2 aromatic rings. The Morgan fingerprint density at radius 2 is 2.08 bits per heavy atom. The van der Waals surface area contributed by atoms with Crippen LogP contribution in [-0.2, 0) is 11.2 Å². The number of carbonyl (C=O) groups excluding carboxylic acids is 1. The van der Waals surface area contributed by atoms with Gasteiger partial charge in [-0.2, -0.15) is 0 Å². The molecule has 1 aliphatic heterocycles. The number of fused-ring (bicyclic) bond motifs is 1. The summed E-state index contributed by atoms with van der Waals surface area (Å²) in [6.07, 6.45) is 4.52. The first kappa shape index (κ1) is 20.4. The standard InChI is InChI=1S/C18H21N3O.2ClH/c1-13(15-6-4-9-19-11-15)18(22)21-12-17-16-7-3-2-5-14(16)8-10-20-17;;/h2-7,9,11,13,17,20H,8,10,12H2,1H3,(H,21,22);2*1H. The van der Waals surface area contributed by atoms with Crippen molar-refractivity contribution in [1.29, 1.82) is 0 Å². The van der Waals surface area contributed by atoms with Crippen molar-refractivity contribution in [2.75, 3.05) is 13.1 Å². The minimum Gasteiger partial charge on any atom is -0.354 e. The third-order valence-corrected chi connectivity index (χ3v) is 4.27. The molecular formula is C18H23Cl2N3O. The van der Waals surface area contributed by atoms with Crippen LogP contribution in [0.2, 0.25) is 0 Å². The molecule has 2 heterocycles. The Bertz CT molecular complexity index is 652. The van der Waals surface area contributed by atoms with Gasteiger partial charge < -0.3 is 10.6 Å². The number of nitrogens with one attached hydrogen (secondary N) is 2. The highest BCUT2D eigenvalue weighted by Crippen LogP contribution is 2.22. The van der Waals surface area contributed by atoms with Crippen molar-refractivity contribution in [3.05, 3.63) is 65.5 Å². The van der Waals surface area contributed by atoms with Crippen LogP contribution in [-0.4, -0.2) is 24.0 Å². The van der Waals surface area contributed by atoms with Crippen molar-refractivity contribution in [2.24, 2.45) is 0 Å². The van der Waals surface area contributed by atoms with Crippen LogP contribution in [0.3, 0.4) is 0 Å². The zero-order chi connectivity index (χ0) is 15.4. The topological polar surface area (TPSA) is 54.0 Å². The fraction of sp³-hybridized carbons (Fsp3) is 0.333. The van der Waals surface area contributed by atoms with E-state index in [0.717, 1.165) is 18.5 Å². The van der Waals surface area contributed by atoms with Gasteiger partial charge in [0.05, 0.1) is 5.92 Å². The highest BCUT2D eigenvalue weighted by atomic mass is 35.5. The summed E-state index contributed by atoms with van der Waals surface area (Å²) >= 11 is 0. The average molecular weight is 368 g/mol. The Labute approximate surface area is 155 Å². The number of rotatable bonds is 4. The summed E-state index contributed by atoms with van der Waals surface area (Å²) in [5, 5.41) is 6.54. The van der Waals surface area contributed by atoms with Crippen LogP contribution >= 0.6 is 24.8 Å². The van der Waals surface area contributed by atoms with E-state index in [9.17, 15) is 4.79 Å². The molecule has 1 aliphatic rings. The van der Waals surface area contributed by atoms with Crippen molar-refractivity contribution in [3.63, 3.8) is 0 Å². The van der Waals surface area contributed by atoms with E-state index in [4.69, 9.17) is 0 Å². The van der Waals surface area contributed by atoms with Gasteiger partial charge in [0.2, 0.25) is 5.91 Å². The molecule has 2 atom stereocenters. The van der Waals surface area contributed by atoms with Gasteiger partial charge in [-0.05, 0) is 42.6 Å². The number of amides is 1. The molecule has 0 saturated heterocycles. The molecular weight excluding hydrogens is 345 g/mol. The lowest BCUT2D eigenvalue weighted by molar-refractivity contribution is -0.122. The third kappa shape index (κ3) is 4.69. The molecule has 130 valence electrons. The number of pyridine rings is 1. The fourth-order valence-corrected chi connectivity index (χ4v) is 2.91. The predicted molar refractivity (Wildman–Crippen MR) is 101 cm³/mol. The van der Waals surface area contributed by atoms with Gasteiger partial charge in [-0.3, -0.25) is 9.78 Å². The van der Waals surface area contributed by atoms with Crippen molar-refractivity contribution in [3.8, 4) is 0 Å². The van der Waals surface area contributed by atoms with Crippen molar-refractivity contribution >= 4 is 30.7 Å². The van der Waals surface area contributed by atoms with Crippen LogP contribution < -0.4 is 10.6 Å². The zero-order valence-corrected chi connectivity index (χ0v) is 15.2. The second-order valence-electron chi connectivity index (χ2n) is 5.71. The zero-order valence-electron chi connectivity index (χ0n) is 13.6. The molecule has 0 saturated carbocycles. The Morgan fingerprint density at radius 3 is 2.83 bits per heavy atom. The SMILES string of the molecule is CC(C(=O)NCC1NCCc2ccccc21)c1cccnc1.Cl.Cl. The van der Waals surface area contributed by atoms with Gasteiger partial charge in [0.25, 0.3) is 0 Å². The van der Waals surface area contributed by atoms with Gasteiger partial charge in [-0.1, -0.05) is 30.3 Å². The molecule has 2 unspecified atom stereocenters. The normalized spacial score (nSPS) is 16.8. The minimum absolute atomic E-state index is 0. The maximum absolute atomic E-state index is 12.3. The van der Waals surface area contributed by atoms with Gasteiger partial charge in [-0.25, -0.2) is 0 Å². The Hall–Kier alpha value is -1.62. The molecule has 3 rings (SSSR count). The number of nitrogens with zero attached hydrogens (tertiary/aromatic N) is 1. The van der Waals surface area contributed by atoms with Crippen molar-refractivity contribution < 1.29 is 4.79 Å². The smallest absolute Gasteiger partial charge is 0.227 e. The van der Waals surface area contributed by atoms with E-state index in [2.05, 4.69) is 39.9 Å². The first-order valence-corrected chi connectivity index (χ1v) is 7.74. The molecule has 0 radical (unpaired) electrons. The molecule has 2 N–H and O–H groups in total. The summed E-state index contributed by atoms with van der Waals surface area (Å²) in [5.74, 6) is -0.148. The van der Waals surface area contributed by atoms with Crippen LogP contribution in [0.15, 0.2) is 48.8 Å². The number of benzene rings is 1. The quantitative estimate of drug-likeness (QED) is 0.872. The second kappa shape index (κ2) is 9.62. The van der Waals surface area contributed by atoms with E-state index in [-0.39, 0.29) is 42.7 Å². The number of halogens is 2. The number of hydrogen-bond acceptors (Lipinski definition) is 3. The van der Waals surface area contributed by atoms with E-state index in [1.54, 1.807) is 12.4 Å². The molecule has 6 heteroatoms. The predicted octanol–water partition coefficient (Wildman–Crippen LogP) is 3.03. The molecule has 24 heavy (non-hydrogen) atoms. The maximum atomic E-state index is 12.3. The highest BCUT2D eigenvalue weighted by molar-refractivity contribution is 5.85. The second-order valence-corrected chi connectivity index (χ2v) is 5.71. The fourth-order valence-electron chi connectivity index (χ4n) is 2.91. The summed E-state index contributed by atoms with van der Waals surface area (Å²) in [6, 6.07) is 12.4. The lowest BCUT2D eigenvalue weighted by atomic mass is 9.94. The Balaban J connectivity index is 0.00000144. The van der Waals surface area contributed by atoms with E-state index in [0.29, 0.717) is 6.54 Å². The lowest BCUT2D eigenvalue weighted by Gasteiger charge is -2.27. The average Bonchev–Trinajstić information content (AvgIpc) is 2.59. The summed E-state index contributed by atoms with van der Waals surface area (Å²) in [5.41, 5.74) is 3.61. The largest absolute Gasteiger partial charge is 0.354 e. The van der Waals surface area contributed by atoms with Gasteiger partial charge in [0.1, 0.15) is 0 Å². The third-order valence-electron chi connectivity index (χ3n) is 4.27. The van der Waals surface area contributed by atoms with Crippen LogP contribution in [0.1, 0.15) is 35.6 Å². The molecule has 0 aliphatic carbocycles. The molecule has 1 aromatic heterocycles. The first-order valence-electron chi connectivity index (χ1n) is 7.74. The lowest BCUT2D eigenvalue weighted by Crippen LogP contribution is -2.40. The van der Waals surface area contributed by atoms with Gasteiger partial charge in [0, 0.05) is 25.0 Å². The first-order chi connectivity index (χ1) is 10.8. The van der Waals surface area contributed by atoms with E-state index in [1.807, 2.05) is 19.1 Å². The molecule has 4 nitrogen and oxygen atoms in total. The summed E-state index contributed by atoms with van der Waals surface area (Å²) < 4.78 is 0. The summed E-state index contributed by atoms with van der Waals surface area (Å²) in [4.78, 5) is 16.4. The van der Waals surface area contributed by atoms with E-state index < -0.39 is 0 Å². The maximum Gasteiger partial charge on any atom is 0.227 e. The Kier molecular flexibility index (Phi) is 8.19. The number of aromatic nitrogens is 1. The van der Waals surface area contributed by atoms with Crippen LogP contribution in [0, 0.1) is 0 Å². The minimum atomic E-state index is -0.187. The molecule has 0 spiro atoms. The van der Waals surface area contributed by atoms with Crippen LogP contribution in [0.5, 0.6) is 0 Å². The number of carbonyl (C=O) groups is 1. The van der Waals surface area contributed by atoms with E-state index in [1.165, 1.54) is 11.1 Å². The number of hydrogen-bond donors (Lipinski definition) is 2. The Morgan fingerprint density at radius 1 is 1.29 bits per heavy atom. The monoisotopic (exact) mass is 367 g/mol. The van der Waals surface area contributed by atoms with Crippen molar-refractivity contribution in [2.45, 2.75) is 25.3 Å². The molecule has 0 fully saturated rings. The molecule has 1 amide bonds. The van der Waals surface area contributed by atoms with Gasteiger partial charge in [-0.15, -0.1) is 24.8 Å². The van der Waals surface area contributed by atoms with Gasteiger partial charge >= 0.3 is 0 Å². The van der Waals surface area contributed by atoms with Crippen LogP contribution in [0.25, 0.3) is 0 Å². The summed E-state index contributed by atoms with van der Waals surface area (Å²) in [7, 11) is 0. The van der Waals surface area contributed by atoms with Crippen LogP contribution in [0.4, 0.5) is 0 Å². The van der Waals surface area contributed by atoms with Gasteiger partial charge in [0.15, 0.2) is 0 Å². The highest BCUT2D eigenvalue weighted by Gasteiger charge is 2.21. The molecule has 0 bridgehead atoms. The van der Waals surface area contributed by atoms with E-state index >= 15 is 0 Å². The van der Waals surface area contributed by atoms with Crippen molar-refractivity contribution in [1.82, 2.24) is 15.6 Å². The molecule has 1 aromatic carbocycles.